The molecule has 0 aliphatic heterocycles. The molecule has 7 nitrogen and oxygen atoms in total. The van der Waals surface area contributed by atoms with Crippen LogP contribution < -0.4 is 10.5 Å². The quantitative estimate of drug-likeness (QED) is 0.362. The van der Waals surface area contributed by atoms with Gasteiger partial charge in [-0.05, 0) is 61.2 Å². The number of hydrogen-bond donors (Lipinski definition) is 1. The van der Waals surface area contributed by atoms with Crippen molar-refractivity contribution in [3.05, 3.63) is 116 Å². The van der Waals surface area contributed by atoms with Gasteiger partial charge in [-0.1, -0.05) is 29.8 Å². The minimum Gasteiger partial charge on any atom is -0.322 e. The molecule has 0 bridgehead atoms. The number of non-ortho nitro benzene ring substituents is 1. The van der Waals surface area contributed by atoms with Gasteiger partial charge in [-0.15, -0.1) is 0 Å². The van der Waals surface area contributed by atoms with E-state index in [0.29, 0.717) is 16.8 Å². The zero-order chi connectivity index (χ0) is 22.8. The molecule has 0 atom stereocenters. The van der Waals surface area contributed by atoms with Gasteiger partial charge >= 0.3 is 0 Å². The predicted octanol–water partition coefficient (Wildman–Crippen LogP) is 4.90. The average Bonchev–Trinajstić information content (AvgIpc) is 2.78. The number of nitrogens with zero attached hydrogens (tertiary/aromatic N) is 2. The van der Waals surface area contributed by atoms with Gasteiger partial charge in [0.15, 0.2) is 0 Å². The van der Waals surface area contributed by atoms with E-state index < -0.39 is 4.92 Å². The molecule has 7 heteroatoms. The molecule has 1 aromatic heterocycles. The zero-order valence-electron chi connectivity index (χ0n) is 17.7. The van der Waals surface area contributed by atoms with Gasteiger partial charge in [0.2, 0.25) is 0 Å². The van der Waals surface area contributed by atoms with Crippen LogP contribution in [0.4, 0.5) is 11.4 Å². The number of aromatic nitrogens is 1. The van der Waals surface area contributed by atoms with Crippen molar-refractivity contribution in [2.75, 3.05) is 4.90 Å². The molecule has 4 rings (SSSR count). The van der Waals surface area contributed by atoms with Gasteiger partial charge in [0.05, 0.1) is 11.5 Å². The molecular weight excluding hydrogens is 406 g/mol. The lowest BCUT2D eigenvalue weighted by atomic mass is 10.1. The Labute approximate surface area is 184 Å². The van der Waals surface area contributed by atoms with Crippen molar-refractivity contribution in [2.45, 2.75) is 20.4 Å². The van der Waals surface area contributed by atoms with Crippen LogP contribution >= 0.6 is 0 Å². The van der Waals surface area contributed by atoms with Crippen LogP contribution in [0.5, 0.6) is 0 Å². The molecule has 0 aliphatic carbocycles. The molecule has 0 aliphatic rings. The van der Waals surface area contributed by atoms with E-state index in [1.807, 2.05) is 56.3 Å². The number of hydrogen-bond acceptors (Lipinski definition) is 4. The van der Waals surface area contributed by atoms with Crippen molar-refractivity contribution in [1.82, 2.24) is 4.98 Å². The lowest BCUT2D eigenvalue weighted by molar-refractivity contribution is -0.384. The first kappa shape index (κ1) is 21.0. The smallest absolute Gasteiger partial charge is 0.269 e. The highest BCUT2D eigenvalue weighted by molar-refractivity contribution is 6.06. The molecule has 1 N–H and O–H groups in total. The van der Waals surface area contributed by atoms with E-state index in [-0.39, 0.29) is 23.7 Å². The first-order valence-electron chi connectivity index (χ1n) is 10.1. The highest BCUT2D eigenvalue weighted by Gasteiger charge is 2.21. The molecule has 1 amide bonds. The maximum atomic E-state index is 13.4. The van der Waals surface area contributed by atoms with Gasteiger partial charge in [0.1, 0.15) is 0 Å². The Hall–Kier alpha value is -4.26. The largest absolute Gasteiger partial charge is 0.322 e. The maximum Gasteiger partial charge on any atom is 0.269 e. The van der Waals surface area contributed by atoms with E-state index in [2.05, 4.69) is 4.98 Å². The van der Waals surface area contributed by atoms with E-state index in [4.69, 9.17) is 0 Å². The van der Waals surface area contributed by atoms with Crippen molar-refractivity contribution < 1.29 is 9.72 Å². The number of aryl methyl sites for hydroxylation is 2. The number of fused-ring (bicyclic) bond motifs is 1. The Morgan fingerprint density at radius 3 is 2.25 bits per heavy atom. The summed E-state index contributed by atoms with van der Waals surface area (Å²) in [6, 6.07) is 20.4. The summed E-state index contributed by atoms with van der Waals surface area (Å²) in [5, 5.41) is 11.8. The molecule has 0 unspecified atom stereocenters. The normalized spacial score (nSPS) is 10.8. The number of amides is 1. The van der Waals surface area contributed by atoms with Crippen molar-refractivity contribution in [2.24, 2.45) is 0 Å². The van der Waals surface area contributed by atoms with Crippen LogP contribution in [0.15, 0.2) is 77.6 Å². The van der Waals surface area contributed by atoms with Crippen molar-refractivity contribution in [3.63, 3.8) is 0 Å². The molecule has 4 aromatic rings. The number of carbonyl (C=O) groups is 1. The summed E-state index contributed by atoms with van der Waals surface area (Å²) in [7, 11) is 0. The molecule has 0 radical (unpaired) electrons. The summed E-state index contributed by atoms with van der Waals surface area (Å²) in [5.41, 5.74) is 3.82. The average molecular weight is 427 g/mol. The third-order valence-corrected chi connectivity index (χ3v) is 5.32. The summed E-state index contributed by atoms with van der Waals surface area (Å²) in [6.45, 7) is 3.95. The minimum atomic E-state index is -0.512. The van der Waals surface area contributed by atoms with Gasteiger partial charge in [-0.2, -0.15) is 0 Å². The highest BCUT2D eigenvalue weighted by Crippen LogP contribution is 2.22. The fraction of sp³-hybridized carbons (Fsp3) is 0.120. The third kappa shape index (κ3) is 4.27. The van der Waals surface area contributed by atoms with E-state index in [9.17, 15) is 19.7 Å². The molecule has 0 fully saturated rings. The standard InChI is InChI=1S/C25H21N3O4/c1-16-4-9-21(10-5-16)27(25(30)18-7-11-22(12-8-18)28(31)32)15-20-14-19-6-3-17(2)13-23(19)26-24(20)29/h3-14H,15H2,1-2H3,(H,26,29). The maximum absolute atomic E-state index is 13.4. The number of aromatic amines is 1. The summed E-state index contributed by atoms with van der Waals surface area (Å²) >= 11 is 0. The van der Waals surface area contributed by atoms with E-state index in [1.54, 1.807) is 6.07 Å². The lowest BCUT2D eigenvalue weighted by Crippen LogP contribution is -2.32. The topological polar surface area (TPSA) is 96.3 Å². The van der Waals surface area contributed by atoms with Crippen molar-refractivity contribution in [1.29, 1.82) is 0 Å². The fourth-order valence-corrected chi connectivity index (χ4v) is 3.53. The Morgan fingerprint density at radius 2 is 1.59 bits per heavy atom. The number of nitro groups is 1. The van der Waals surface area contributed by atoms with E-state index in [1.165, 1.54) is 29.2 Å². The SMILES string of the molecule is Cc1ccc(N(Cc2cc3ccc(C)cc3[nH]c2=O)C(=O)c2ccc([N+](=O)[O-])cc2)cc1. The number of rotatable bonds is 5. The van der Waals surface area contributed by atoms with Crippen molar-refractivity contribution in [3.8, 4) is 0 Å². The van der Waals surface area contributed by atoms with E-state index >= 15 is 0 Å². The molecule has 0 spiro atoms. The molecular formula is C25H21N3O4. The molecule has 32 heavy (non-hydrogen) atoms. The Kier molecular flexibility index (Phi) is 5.55. The van der Waals surface area contributed by atoms with Crippen LogP contribution in [0.3, 0.4) is 0 Å². The molecule has 1 heterocycles. The zero-order valence-corrected chi connectivity index (χ0v) is 17.7. The second-order valence-electron chi connectivity index (χ2n) is 7.75. The number of H-pyrrole nitrogens is 1. The number of nitrogens with one attached hydrogen (secondary N) is 1. The Bertz CT molecular complexity index is 1370. The lowest BCUT2D eigenvalue weighted by Gasteiger charge is -2.23. The van der Waals surface area contributed by atoms with Gasteiger partial charge in [0, 0.05) is 34.5 Å². The Morgan fingerprint density at radius 1 is 0.938 bits per heavy atom. The number of benzene rings is 3. The summed E-state index contributed by atoms with van der Waals surface area (Å²) in [6.07, 6.45) is 0. The second kappa shape index (κ2) is 8.47. The van der Waals surface area contributed by atoms with Crippen LogP contribution in [0.25, 0.3) is 10.9 Å². The summed E-state index contributed by atoms with van der Waals surface area (Å²) in [5.74, 6) is -0.354. The summed E-state index contributed by atoms with van der Waals surface area (Å²) < 4.78 is 0. The van der Waals surface area contributed by atoms with E-state index in [0.717, 1.165) is 22.0 Å². The molecule has 0 saturated carbocycles. The Balaban J connectivity index is 1.75. The first-order valence-corrected chi connectivity index (χ1v) is 10.1. The van der Waals surface area contributed by atoms with Gasteiger partial charge in [-0.3, -0.25) is 19.7 Å². The number of pyridine rings is 1. The molecule has 0 saturated heterocycles. The molecule has 3 aromatic carbocycles. The van der Waals surface area contributed by atoms with Crippen LogP contribution in [0.1, 0.15) is 27.0 Å². The van der Waals surface area contributed by atoms with Gasteiger partial charge in [-0.25, -0.2) is 0 Å². The van der Waals surface area contributed by atoms with Crippen LogP contribution in [0.2, 0.25) is 0 Å². The predicted molar refractivity (Wildman–Crippen MR) is 124 cm³/mol. The second-order valence-corrected chi connectivity index (χ2v) is 7.75. The van der Waals surface area contributed by atoms with Crippen molar-refractivity contribution >= 4 is 28.2 Å². The number of nitro benzene ring substituents is 1. The van der Waals surface area contributed by atoms with Gasteiger partial charge < -0.3 is 9.88 Å². The highest BCUT2D eigenvalue weighted by atomic mass is 16.6. The molecule has 160 valence electrons. The first-order chi connectivity index (χ1) is 15.3. The fourth-order valence-electron chi connectivity index (χ4n) is 3.53. The number of carbonyl (C=O) groups excluding carboxylic acids is 1. The monoisotopic (exact) mass is 427 g/mol. The van der Waals surface area contributed by atoms with Crippen LogP contribution in [-0.4, -0.2) is 15.8 Å². The van der Waals surface area contributed by atoms with Gasteiger partial charge in [0.25, 0.3) is 17.2 Å². The van der Waals surface area contributed by atoms with Crippen LogP contribution in [0, 0.1) is 24.0 Å². The summed E-state index contributed by atoms with van der Waals surface area (Å²) in [4.78, 5) is 41.0. The third-order valence-electron chi connectivity index (χ3n) is 5.32. The number of anilines is 1. The minimum absolute atomic E-state index is 0.0536. The van der Waals surface area contributed by atoms with Crippen LogP contribution in [-0.2, 0) is 6.54 Å².